The molecule has 0 aliphatic carbocycles. The van der Waals surface area contributed by atoms with Crippen molar-refractivity contribution in [1.82, 2.24) is 16.0 Å². The Balaban J connectivity index is 3.10. The number of unbranched alkanes of at least 4 members (excludes halogenated alkanes) is 1. The summed E-state index contributed by atoms with van der Waals surface area (Å²) in [7, 11) is 0. The molecule has 0 heterocycles. The van der Waals surface area contributed by atoms with E-state index in [1.165, 1.54) is 12.1 Å². The number of aliphatic carboxylic acids is 1. The Hall–Kier alpha value is -2.83. The van der Waals surface area contributed by atoms with Gasteiger partial charge in [-0.05, 0) is 49.4 Å². The highest BCUT2D eigenvalue weighted by Gasteiger charge is 2.31. The van der Waals surface area contributed by atoms with Crippen LogP contribution in [0.4, 0.5) is 0 Å². The molecule has 1 aromatic rings. The molecular weight excluding hydrogens is 474 g/mol. The van der Waals surface area contributed by atoms with Crippen LogP contribution in [0.1, 0.15) is 38.7 Å². The first-order valence-electron chi connectivity index (χ1n) is 11.5. The number of rotatable bonds is 15. The molecule has 0 saturated heterocycles. The second kappa shape index (κ2) is 15.2. The molecule has 0 bridgehead atoms. The summed E-state index contributed by atoms with van der Waals surface area (Å²) in [6.07, 6.45) is 1.43. The molecule has 0 aliphatic rings. The van der Waals surface area contributed by atoms with Crippen molar-refractivity contribution in [2.75, 3.05) is 12.3 Å². The average Bonchev–Trinajstić information content (AvgIpc) is 2.81. The van der Waals surface area contributed by atoms with E-state index >= 15 is 0 Å². The van der Waals surface area contributed by atoms with Gasteiger partial charge in [-0.15, -0.1) is 0 Å². The number of phenolic OH excluding ortho intramolecular Hbond substituents is 1. The minimum absolute atomic E-state index is 0.0469. The lowest BCUT2D eigenvalue weighted by Crippen LogP contribution is -2.58. The van der Waals surface area contributed by atoms with Crippen LogP contribution >= 0.6 is 12.6 Å². The molecule has 0 aliphatic heterocycles. The molecule has 0 saturated carbocycles. The van der Waals surface area contributed by atoms with Crippen molar-refractivity contribution in [3.63, 3.8) is 0 Å². The summed E-state index contributed by atoms with van der Waals surface area (Å²) in [4.78, 5) is 50.1. The smallest absolute Gasteiger partial charge is 0.326 e. The van der Waals surface area contributed by atoms with E-state index in [1.807, 2.05) is 0 Å². The van der Waals surface area contributed by atoms with Crippen LogP contribution in [0.2, 0.25) is 0 Å². The predicted octanol–water partition coefficient (Wildman–Crippen LogP) is -0.484. The van der Waals surface area contributed by atoms with Crippen molar-refractivity contribution < 1.29 is 29.4 Å². The van der Waals surface area contributed by atoms with Crippen molar-refractivity contribution in [2.24, 2.45) is 17.4 Å². The molecule has 0 aromatic heterocycles. The third-order valence-corrected chi connectivity index (χ3v) is 5.75. The number of phenols is 1. The van der Waals surface area contributed by atoms with Gasteiger partial charge in [-0.3, -0.25) is 14.4 Å². The monoisotopic (exact) mass is 511 g/mol. The standard InChI is InChI=1S/C23H37N5O6S/c1-13(2)19(23(33)34)28-21(31)17(5-3-4-10-24)26-22(32)18(27-20(30)16(25)12-35)11-14-6-8-15(29)9-7-14/h6-9,13,16-19,29,35H,3-5,10-12,24-25H2,1-2H3,(H,26,32)(H,27,30)(H,28,31)(H,33,34). The fourth-order valence-electron chi connectivity index (χ4n) is 3.24. The summed E-state index contributed by atoms with van der Waals surface area (Å²) < 4.78 is 0. The van der Waals surface area contributed by atoms with Crippen LogP contribution < -0.4 is 27.4 Å². The Morgan fingerprint density at radius 1 is 0.943 bits per heavy atom. The van der Waals surface area contributed by atoms with Gasteiger partial charge in [0.15, 0.2) is 0 Å². The van der Waals surface area contributed by atoms with Gasteiger partial charge in [0.1, 0.15) is 23.9 Å². The molecule has 196 valence electrons. The highest BCUT2D eigenvalue weighted by Crippen LogP contribution is 2.12. The van der Waals surface area contributed by atoms with Crippen LogP contribution in [-0.4, -0.2) is 70.4 Å². The van der Waals surface area contributed by atoms with Gasteiger partial charge in [-0.25, -0.2) is 4.79 Å². The number of hydrogen-bond acceptors (Lipinski definition) is 8. The number of benzene rings is 1. The Labute approximate surface area is 210 Å². The Bertz CT molecular complexity index is 851. The van der Waals surface area contributed by atoms with Crippen LogP contribution in [0.3, 0.4) is 0 Å². The number of amides is 3. The highest BCUT2D eigenvalue weighted by molar-refractivity contribution is 7.80. The van der Waals surface area contributed by atoms with Gasteiger partial charge in [0, 0.05) is 12.2 Å². The SMILES string of the molecule is CC(C)C(NC(=O)C(CCCCN)NC(=O)C(Cc1ccc(O)cc1)NC(=O)C(N)CS)C(=O)O. The van der Waals surface area contributed by atoms with Gasteiger partial charge in [-0.2, -0.15) is 12.6 Å². The lowest BCUT2D eigenvalue weighted by atomic mass is 10.0. The van der Waals surface area contributed by atoms with Crippen molar-refractivity contribution in [2.45, 2.75) is 63.7 Å². The Morgan fingerprint density at radius 2 is 1.51 bits per heavy atom. The molecule has 35 heavy (non-hydrogen) atoms. The number of carboxylic acids is 1. The van der Waals surface area contributed by atoms with E-state index in [4.69, 9.17) is 11.5 Å². The fraction of sp³-hybridized carbons (Fsp3) is 0.565. The largest absolute Gasteiger partial charge is 0.508 e. The molecule has 3 amide bonds. The molecule has 11 nitrogen and oxygen atoms in total. The van der Waals surface area contributed by atoms with Crippen molar-refractivity contribution in [3.05, 3.63) is 29.8 Å². The molecule has 9 N–H and O–H groups in total. The van der Waals surface area contributed by atoms with E-state index in [-0.39, 0.29) is 30.3 Å². The van der Waals surface area contributed by atoms with Crippen molar-refractivity contribution in [3.8, 4) is 5.75 Å². The van der Waals surface area contributed by atoms with Crippen molar-refractivity contribution >= 4 is 36.3 Å². The third kappa shape index (κ3) is 10.5. The van der Waals surface area contributed by atoms with Gasteiger partial charge in [0.05, 0.1) is 6.04 Å². The van der Waals surface area contributed by atoms with Gasteiger partial charge in [0.2, 0.25) is 17.7 Å². The quantitative estimate of drug-likeness (QED) is 0.114. The maximum absolute atomic E-state index is 13.2. The zero-order valence-electron chi connectivity index (χ0n) is 20.1. The highest BCUT2D eigenvalue weighted by atomic mass is 32.1. The molecule has 1 rings (SSSR count). The van der Waals surface area contributed by atoms with Crippen LogP contribution in [-0.2, 0) is 25.6 Å². The second-order valence-electron chi connectivity index (χ2n) is 8.63. The van der Waals surface area contributed by atoms with E-state index in [9.17, 15) is 29.4 Å². The summed E-state index contributed by atoms with van der Waals surface area (Å²) in [6, 6.07) is 1.92. The van der Waals surface area contributed by atoms with Crippen LogP contribution in [0.15, 0.2) is 24.3 Å². The summed E-state index contributed by atoms with van der Waals surface area (Å²) in [5.41, 5.74) is 11.9. The minimum atomic E-state index is -1.18. The first-order valence-corrected chi connectivity index (χ1v) is 12.1. The average molecular weight is 512 g/mol. The Kier molecular flexibility index (Phi) is 13.1. The minimum Gasteiger partial charge on any atom is -0.508 e. The van der Waals surface area contributed by atoms with E-state index in [1.54, 1.807) is 26.0 Å². The fourth-order valence-corrected chi connectivity index (χ4v) is 3.41. The molecule has 0 spiro atoms. The summed E-state index contributed by atoms with van der Waals surface area (Å²) >= 11 is 4.01. The molecule has 0 radical (unpaired) electrons. The number of carboxylic acid groups (broad SMARTS) is 1. The predicted molar refractivity (Wildman–Crippen MR) is 135 cm³/mol. The molecule has 4 atom stereocenters. The van der Waals surface area contributed by atoms with Crippen LogP contribution in [0, 0.1) is 5.92 Å². The van der Waals surface area contributed by atoms with E-state index < -0.39 is 47.9 Å². The topological polar surface area (TPSA) is 197 Å². The van der Waals surface area contributed by atoms with Crippen LogP contribution in [0.5, 0.6) is 5.75 Å². The first kappa shape index (κ1) is 30.2. The zero-order chi connectivity index (χ0) is 26.5. The number of nitrogens with two attached hydrogens (primary N) is 2. The molecule has 0 fully saturated rings. The van der Waals surface area contributed by atoms with Gasteiger partial charge >= 0.3 is 5.97 Å². The first-order chi connectivity index (χ1) is 16.5. The van der Waals surface area contributed by atoms with Gasteiger partial charge in [0.25, 0.3) is 0 Å². The zero-order valence-corrected chi connectivity index (χ0v) is 21.0. The van der Waals surface area contributed by atoms with Gasteiger partial charge in [-0.1, -0.05) is 26.0 Å². The maximum Gasteiger partial charge on any atom is 0.326 e. The molecule has 1 aromatic carbocycles. The van der Waals surface area contributed by atoms with Crippen LogP contribution in [0.25, 0.3) is 0 Å². The lowest BCUT2D eigenvalue weighted by Gasteiger charge is -2.26. The summed E-state index contributed by atoms with van der Waals surface area (Å²) in [6.45, 7) is 3.72. The number of nitrogens with one attached hydrogen (secondary N) is 3. The number of carbonyl (C=O) groups is 4. The van der Waals surface area contributed by atoms with Gasteiger partial charge < -0.3 is 37.6 Å². The molecule has 4 unspecified atom stereocenters. The number of thiol groups is 1. The van der Waals surface area contributed by atoms with E-state index in [0.717, 1.165) is 0 Å². The number of hydrogen-bond donors (Lipinski definition) is 8. The molecular formula is C23H37N5O6S. The maximum atomic E-state index is 13.2. The van der Waals surface area contributed by atoms with E-state index in [0.29, 0.717) is 24.9 Å². The summed E-state index contributed by atoms with van der Waals surface area (Å²) in [5, 5.41) is 26.6. The number of aromatic hydroxyl groups is 1. The third-order valence-electron chi connectivity index (χ3n) is 5.35. The molecule has 12 heteroatoms. The Morgan fingerprint density at radius 3 is 2.03 bits per heavy atom. The van der Waals surface area contributed by atoms with Crippen molar-refractivity contribution in [1.29, 1.82) is 0 Å². The summed E-state index contributed by atoms with van der Waals surface area (Å²) in [5.74, 6) is -3.31. The normalized spacial score (nSPS) is 14.5. The van der Waals surface area contributed by atoms with E-state index in [2.05, 4.69) is 28.6 Å². The lowest BCUT2D eigenvalue weighted by molar-refractivity contribution is -0.143. The number of carbonyl (C=O) groups excluding carboxylic acids is 3. The second-order valence-corrected chi connectivity index (χ2v) is 9.00.